The van der Waals surface area contributed by atoms with Gasteiger partial charge in [0.15, 0.2) is 19.9 Å². The molecule has 0 radical (unpaired) electrons. The van der Waals surface area contributed by atoms with Crippen molar-refractivity contribution in [1.82, 2.24) is 4.98 Å². The first kappa shape index (κ1) is 32.6. The number of carbonyl (C=O) groups excluding carboxylic acids is 1. The monoisotopic (exact) mass is 531 g/mol. The average molecular weight is 532 g/mol. The van der Waals surface area contributed by atoms with E-state index in [9.17, 15) is 9.90 Å². The molecule has 1 N–H and O–H groups in total. The maximum absolute atomic E-state index is 11.5. The number of carbonyl (C=O) groups is 1. The lowest BCUT2D eigenvalue weighted by Crippen LogP contribution is -2.50. The van der Waals surface area contributed by atoms with Crippen LogP contribution in [0.5, 0.6) is 0 Å². The number of hydrogen-bond acceptors (Lipinski definition) is 7. The smallest absolute Gasteiger partial charge is 0.360 e. The molecule has 0 aliphatic carbocycles. The molecule has 0 saturated carbocycles. The van der Waals surface area contributed by atoms with Crippen LogP contribution in [0.15, 0.2) is 47.1 Å². The Bertz CT molecular complexity index is 1000. The van der Waals surface area contributed by atoms with Gasteiger partial charge >= 0.3 is 5.97 Å². The van der Waals surface area contributed by atoms with E-state index in [2.05, 4.69) is 55.4 Å². The molecule has 0 aliphatic rings. The van der Waals surface area contributed by atoms with Crippen LogP contribution in [0.2, 0.25) is 18.1 Å². The first-order valence-electron chi connectivity index (χ1n) is 12.6. The van der Waals surface area contributed by atoms with Crippen molar-refractivity contribution < 1.29 is 28.2 Å². The summed E-state index contributed by atoms with van der Waals surface area (Å²) in [5.74, 6) is 5.87. The van der Waals surface area contributed by atoms with Crippen LogP contribution < -0.4 is 0 Å². The fourth-order valence-corrected chi connectivity index (χ4v) is 4.44. The predicted octanol–water partition coefficient (Wildman–Crippen LogP) is 5.88. The van der Waals surface area contributed by atoms with Crippen molar-refractivity contribution >= 4 is 14.3 Å². The zero-order valence-electron chi connectivity index (χ0n) is 24.1. The summed E-state index contributed by atoms with van der Waals surface area (Å²) in [5.41, 5.74) is -0.375. The van der Waals surface area contributed by atoms with E-state index in [1.807, 2.05) is 45.1 Å². The first-order valence-corrected chi connectivity index (χ1v) is 15.5. The number of aliphatic hydroxyl groups excluding tert-OH is 1. The fourth-order valence-electron chi connectivity index (χ4n) is 3.07. The minimum absolute atomic E-state index is 0.0777. The molecule has 206 valence electrons. The molecular formula is C29H45NO6Si. The van der Waals surface area contributed by atoms with Crippen LogP contribution in [0.4, 0.5) is 0 Å². The van der Waals surface area contributed by atoms with E-state index in [1.165, 1.54) is 13.4 Å². The molecule has 7 nitrogen and oxygen atoms in total. The molecule has 0 bridgehead atoms. The van der Waals surface area contributed by atoms with Crippen LogP contribution in [-0.2, 0) is 20.3 Å². The van der Waals surface area contributed by atoms with Gasteiger partial charge in [0.25, 0.3) is 0 Å². The van der Waals surface area contributed by atoms with E-state index >= 15 is 0 Å². The number of esters is 1. The molecule has 1 aromatic heterocycles. The summed E-state index contributed by atoms with van der Waals surface area (Å²) in [6.45, 7) is 17.1. The number of ether oxygens (including phenoxy) is 2. The highest BCUT2D eigenvalue weighted by Gasteiger charge is 2.44. The first-order chi connectivity index (χ1) is 17.2. The summed E-state index contributed by atoms with van der Waals surface area (Å²) in [4.78, 5) is 15.6. The number of aromatic nitrogens is 1. The fraction of sp³-hybridized carbons (Fsp3) is 0.586. The predicted molar refractivity (Wildman–Crippen MR) is 150 cm³/mol. The Morgan fingerprint density at radius 1 is 1.19 bits per heavy atom. The molecule has 1 heterocycles. The van der Waals surface area contributed by atoms with Crippen LogP contribution in [0.3, 0.4) is 0 Å². The Balaban J connectivity index is 2.72. The molecule has 1 rings (SSSR count). The summed E-state index contributed by atoms with van der Waals surface area (Å²) >= 11 is 0. The lowest BCUT2D eigenvalue weighted by atomic mass is 9.79. The van der Waals surface area contributed by atoms with Gasteiger partial charge in [0.1, 0.15) is 6.26 Å². The molecule has 0 fully saturated rings. The minimum atomic E-state index is -2.02. The van der Waals surface area contributed by atoms with Gasteiger partial charge in [-0.25, -0.2) is 9.78 Å². The van der Waals surface area contributed by atoms with E-state index in [0.29, 0.717) is 18.7 Å². The zero-order chi connectivity index (χ0) is 28.3. The van der Waals surface area contributed by atoms with Crippen molar-refractivity contribution in [2.24, 2.45) is 5.41 Å². The van der Waals surface area contributed by atoms with E-state index < -0.39 is 25.8 Å². The largest absolute Gasteiger partial charge is 0.464 e. The molecule has 0 amide bonds. The van der Waals surface area contributed by atoms with E-state index in [-0.39, 0.29) is 22.9 Å². The Kier molecular flexibility index (Phi) is 12.8. The second-order valence-electron chi connectivity index (χ2n) is 11.0. The van der Waals surface area contributed by atoms with Gasteiger partial charge in [0.2, 0.25) is 0 Å². The number of methoxy groups -OCH3 is 2. The van der Waals surface area contributed by atoms with Gasteiger partial charge in [-0.3, -0.25) is 0 Å². The van der Waals surface area contributed by atoms with Crippen LogP contribution in [0, 0.1) is 17.3 Å². The van der Waals surface area contributed by atoms with Gasteiger partial charge in [-0.2, -0.15) is 0 Å². The van der Waals surface area contributed by atoms with Crippen LogP contribution in [0.1, 0.15) is 64.3 Å². The Labute approximate surface area is 224 Å². The highest BCUT2D eigenvalue weighted by atomic mass is 28.4. The third-order valence-corrected chi connectivity index (χ3v) is 11.3. The minimum Gasteiger partial charge on any atom is -0.464 e. The van der Waals surface area contributed by atoms with Gasteiger partial charge < -0.3 is 23.4 Å². The zero-order valence-corrected chi connectivity index (χ0v) is 25.1. The van der Waals surface area contributed by atoms with Gasteiger partial charge in [-0.1, -0.05) is 76.8 Å². The van der Waals surface area contributed by atoms with E-state index in [4.69, 9.17) is 13.6 Å². The molecule has 0 aromatic carbocycles. The van der Waals surface area contributed by atoms with Gasteiger partial charge in [-0.15, -0.1) is 0 Å². The number of aliphatic hydroxyl groups is 1. The van der Waals surface area contributed by atoms with Crippen molar-refractivity contribution in [3.05, 3.63) is 54.3 Å². The molecule has 1 aromatic rings. The normalized spacial score (nSPS) is 15.6. The molecule has 0 unspecified atom stereocenters. The summed E-state index contributed by atoms with van der Waals surface area (Å²) in [6, 6.07) is 0. The molecule has 0 aliphatic heterocycles. The topological polar surface area (TPSA) is 91.0 Å². The van der Waals surface area contributed by atoms with Crippen molar-refractivity contribution in [2.45, 2.75) is 90.8 Å². The summed E-state index contributed by atoms with van der Waals surface area (Å²) < 4.78 is 22.0. The second kappa shape index (κ2) is 14.5. The van der Waals surface area contributed by atoms with Crippen LogP contribution >= 0.6 is 0 Å². The number of rotatable bonds is 12. The maximum atomic E-state index is 11.5. The number of oxazole rings is 1. The third kappa shape index (κ3) is 10.1. The van der Waals surface area contributed by atoms with Crippen LogP contribution in [0.25, 0.3) is 0 Å². The van der Waals surface area contributed by atoms with Crippen molar-refractivity contribution in [3.63, 3.8) is 0 Å². The second-order valence-corrected chi connectivity index (χ2v) is 15.8. The third-order valence-electron chi connectivity index (χ3n) is 6.83. The molecule has 0 saturated heterocycles. The highest BCUT2D eigenvalue weighted by molar-refractivity contribution is 6.74. The summed E-state index contributed by atoms with van der Waals surface area (Å²) in [6.07, 6.45) is 12.1. The quantitative estimate of drug-likeness (QED) is 0.118. The van der Waals surface area contributed by atoms with Crippen molar-refractivity contribution in [3.8, 4) is 11.8 Å². The highest BCUT2D eigenvalue weighted by Crippen LogP contribution is 2.41. The number of hydrogen-bond donors (Lipinski definition) is 1. The summed E-state index contributed by atoms with van der Waals surface area (Å²) in [5, 5.41) is 11.1. The maximum Gasteiger partial charge on any atom is 0.360 e. The summed E-state index contributed by atoms with van der Waals surface area (Å²) in [7, 11) is 0.861. The molecule has 0 spiro atoms. The van der Waals surface area contributed by atoms with Crippen LogP contribution in [-0.4, -0.2) is 56.9 Å². The SMILES string of the molecule is C/C=C/[C@@H](O[Si](C)(C)C(C)(C)C)C(C)(C)[C@@H](O)CC#C/C=C/C=C/[C@H](Cc1nc(C(=O)OC)co1)OC. The Morgan fingerprint density at radius 3 is 2.43 bits per heavy atom. The Hall–Kier alpha value is -2.44. The van der Waals surface area contributed by atoms with E-state index in [0.717, 1.165) is 0 Å². The van der Waals surface area contributed by atoms with Gasteiger partial charge in [0, 0.05) is 18.9 Å². The van der Waals surface area contributed by atoms with Gasteiger partial charge in [-0.05, 0) is 31.1 Å². The average Bonchev–Trinajstić information content (AvgIpc) is 3.29. The Morgan fingerprint density at radius 2 is 1.86 bits per heavy atom. The molecular weight excluding hydrogens is 486 g/mol. The lowest BCUT2D eigenvalue weighted by molar-refractivity contribution is -0.0169. The number of allylic oxidation sites excluding steroid dienone is 4. The molecule has 37 heavy (non-hydrogen) atoms. The van der Waals surface area contributed by atoms with Crippen molar-refractivity contribution in [1.29, 1.82) is 0 Å². The molecule has 3 atom stereocenters. The van der Waals surface area contributed by atoms with Gasteiger partial charge in [0.05, 0.1) is 31.8 Å². The lowest BCUT2D eigenvalue weighted by Gasteiger charge is -2.44. The standard InChI is InChI=1S/C29H45NO6Si/c1-11-17-25(36-37(9,10)28(2,3)4)29(5,6)24(31)19-16-14-12-13-15-18-22(33-7)20-26-30-23(21-35-26)27(32)34-8/h11-13,15,17-18,21-22,24-25,31H,19-20H2,1-10H3/b13-12+,17-11+,18-15+/t22-,24+,25-/m1/s1. The number of nitrogens with zero attached hydrogens (tertiary/aromatic N) is 1. The van der Waals surface area contributed by atoms with E-state index in [1.54, 1.807) is 19.3 Å². The van der Waals surface area contributed by atoms with Crippen molar-refractivity contribution in [2.75, 3.05) is 14.2 Å². The molecule has 8 heteroatoms.